The fourth-order valence-corrected chi connectivity index (χ4v) is 6.09. The van der Waals surface area contributed by atoms with E-state index in [2.05, 4.69) is 10.6 Å². The SMILES string of the molecule is CNCC(CC1CCCCC1)NC(=O)N1CCCC(C(O)(CCCCOC)c2ccccc2F)C1. The van der Waals surface area contributed by atoms with Gasteiger partial charge in [-0.1, -0.05) is 50.3 Å². The van der Waals surface area contributed by atoms with Gasteiger partial charge in [0.2, 0.25) is 0 Å². The molecule has 2 fully saturated rings. The van der Waals surface area contributed by atoms with Gasteiger partial charge in [-0.15, -0.1) is 0 Å². The van der Waals surface area contributed by atoms with E-state index in [9.17, 15) is 14.3 Å². The quantitative estimate of drug-likeness (QED) is 0.367. The molecule has 3 unspecified atom stereocenters. The van der Waals surface area contributed by atoms with Gasteiger partial charge in [0.1, 0.15) is 5.82 Å². The normalized spacial score (nSPS) is 21.9. The van der Waals surface area contributed by atoms with E-state index in [0.717, 1.165) is 38.6 Å². The number of likely N-dealkylation sites (tertiary alicyclic amines) is 1. The minimum atomic E-state index is -1.31. The Bertz CT molecular complexity index is 774. The molecule has 1 saturated heterocycles. The maximum absolute atomic E-state index is 14.9. The van der Waals surface area contributed by atoms with Gasteiger partial charge in [-0.2, -0.15) is 0 Å². The molecule has 2 aliphatic rings. The average Bonchev–Trinajstić information content (AvgIpc) is 2.87. The molecule has 1 saturated carbocycles. The van der Waals surface area contributed by atoms with Crippen LogP contribution >= 0.6 is 0 Å². The van der Waals surface area contributed by atoms with E-state index in [1.54, 1.807) is 25.3 Å². The van der Waals surface area contributed by atoms with Crippen molar-refractivity contribution < 1.29 is 19.0 Å². The summed E-state index contributed by atoms with van der Waals surface area (Å²) in [5, 5.41) is 18.4. The van der Waals surface area contributed by atoms with Crippen LogP contribution in [0.2, 0.25) is 0 Å². The largest absolute Gasteiger partial charge is 0.385 e. The Kier molecular flexibility index (Phi) is 11.3. The van der Waals surface area contributed by atoms with Crippen molar-refractivity contribution >= 4 is 6.03 Å². The highest BCUT2D eigenvalue weighted by atomic mass is 19.1. The number of nitrogens with one attached hydrogen (secondary N) is 2. The lowest BCUT2D eigenvalue weighted by Gasteiger charge is -2.43. The van der Waals surface area contributed by atoms with E-state index < -0.39 is 5.60 Å². The molecule has 1 heterocycles. The predicted octanol–water partition coefficient (Wildman–Crippen LogP) is 4.81. The number of likely N-dealkylation sites (N-methyl/N-ethyl adjacent to an activating group) is 1. The second-order valence-electron chi connectivity index (χ2n) is 10.6. The summed E-state index contributed by atoms with van der Waals surface area (Å²) >= 11 is 0. The number of benzene rings is 1. The lowest BCUT2D eigenvalue weighted by atomic mass is 9.74. The van der Waals surface area contributed by atoms with Crippen molar-refractivity contribution in [1.29, 1.82) is 0 Å². The van der Waals surface area contributed by atoms with Gasteiger partial charge in [-0.3, -0.25) is 0 Å². The Hall–Kier alpha value is -1.70. The molecule has 3 N–H and O–H groups in total. The van der Waals surface area contributed by atoms with Crippen molar-refractivity contribution in [3.63, 3.8) is 0 Å². The number of carbonyl (C=O) groups excluding carboxylic acids is 1. The second kappa shape index (κ2) is 14.1. The third-order valence-corrected chi connectivity index (χ3v) is 8.00. The summed E-state index contributed by atoms with van der Waals surface area (Å²) in [5.74, 6) is 0.0715. The monoisotopic (exact) mass is 491 g/mol. The molecular weight excluding hydrogens is 445 g/mol. The van der Waals surface area contributed by atoms with Crippen LogP contribution in [0.15, 0.2) is 24.3 Å². The van der Waals surface area contributed by atoms with Gasteiger partial charge in [0.05, 0.1) is 5.60 Å². The zero-order valence-corrected chi connectivity index (χ0v) is 21.7. The number of hydrogen-bond acceptors (Lipinski definition) is 4. The number of hydrogen-bond donors (Lipinski definition) is 3. The van der Waals surface area contributed by atoms with Crippen LogP contribution in [0, 0.1) is 17.7 Å². The van der Waals surface area contributed by atoms with Crippen molar-refractivity contribution in [2.45, 2.75) is 82.3 Å². The summed E-state index contributed by atoms with van der Waals surface area (Å²) in [5.41, 5.74) is -0.972. The number of halogens is 1. The number of urea groups is 1. The Morgan fingerprint density at radius 1 is 1.20 bits per heavy atom. The van der Waals surface area contributed by atoms with E-state index in [4.69, 9.17) is 4.74 Å². The number of piperidine rings is 1. The molecular formula is C28H46FN3O3. The van der Waals surface area contributed by atoms with Crippen LogP contribution in [0.1, 0.15) is 76.2 Å². The van der Waals surface area contributed by atoms with Crippen LogP contribution in [0.4, 0.5) is 9.18 Å². The highest BCUT2D eigenvalue weighted by molar-refractivity contribution is 5.74. The van der Waals surface area contributed by atoms with E-state index in [1.807, 2.05) is 11.9 Å². The van der Waals surface area contributed by atoms with E-state index >= 15 is 0 Å². The van der Waals surface area contributed by atoms with Crippen molar-refractivity contribution in [3.05, 3.63) is 35.6 Å². The first-order chi connectivity index (χ1) is 17.0. The minimum absolute atomic E-state index is 0.0685. The third kappa shape index (κ3) is 7.89. The first-order valence-electron chi connectivity index (χ1n) is 13.6. The number of aliphatic hydroxyl groups is 1. The topological polar surface area (TPSA) is 73.8 Å². The van der Waals surface area contributed by atoms with Gasteiger partial charge >= 0.3 is 6.03 Å². The molecule has 3 rings (SSSR count). The van der Waals surface area contributed by atoms with Crippen molar-refractivity contribution in [3.8, 4) is 0 Å². The van der Waals surface area contributed by atoms with Crippen molar-refractivity contribution in [2.24, 2.45) is 11.8 Å². The van der Waals surface area contributed by atoms with Crippen LogP contribution in [-0.4, -0.2) is 62.5 Å². The number of ether oxygens (including phenoxy) is 1. The Morgan fingerprint density at radius 3 is 2.69 bits per heavy atom. The van der Waals surface area contributed by atoms with Crippen molar-refractivity contribution in [1.82, 2.24) is 15.5 Å². The third-order valence-electron chi connectivity index (χ3n) is 8.00. The molecule has 6 nitrogen and oxygen atoms in total. The highest BCUT2D eigenvalue weighted by Crippen LogP contribution is 2.40. The summed E-state index contributed by atoms with van der Waals surface area (Å²) in [7, 11) is 3.59. The molecule has 1 aliphatic heterocycles. The van der Waals surface area contributed by atoms with Gasteiger partial charge in [0.25, 0.3) is 0 Å². The zero-order valence-electron chi connectivity index (χ0n) is 21.7. The van der Waals surface area contributed by atoms with E-state index in [0.29, 0.717) is 37.6 Å². The first kappa shape index (κ1) is 27.9. The van der Waals surface area contributed by atoms with E-state index in [1.165, 1.54) is 38.2 Å². The summed E-state index contributed by atoms with van der Waals surface area (Å²) in [6.45, 7) is 2.45. The Balaban J connectivity index is 1.68. The fraction of sp³-hybridized carbons (Fsp3) is 0.750. The number of rotatable bonds is 12. The summed E-state index contributed by atoms with van der Waals surface area (Å²) in [4.78, 5) is 15.1. The van der Waals surface area contributed by atoms with Gasteiger partial charge in [0.15, 0.2) is 0 Å². The average molecular weight is 492 g/mol. The number of amides is 2. The molecule has 0 radical (unpaired) electrons. The maximum Gasteiger partial charge on any atom is 0.317 e. The smallest absolute Gasteiger partial charge is 0.317 e. The van der Waals surface area contributed by atoms with Crippen LogP contribution in [0.3, 0.4) is 0 Å². The number of unbranched alkanes of at least 4 members (excludes halogenated alkanes) is 1. The molecule has 2 amide bonds. The Morgan fingerprint density at radius 2 is 1.97 bits per heavy atom. The van der Waals surface area contributed by atoms with Gasteiger partial charge in [-0.05, 0) is 57.6 Å². The summed E-state index contributed by atoms with van der Waals surface area (Å²) in [6.07, 6.45) is 10.9. The van der Waals surface area contributed by atoms with E-state index in [-0.39, 0.29) is 23.8 Å². The number of carbonyl (C=O) groups is 1. The lowest BCUT2D eigenvalue weighted by Crippen LogP contribution is -2.54. The number of nitrogens with zero attached hydrogens (tertiary/aromatic N) is 1. The van der Waals surface area contributed by atoms with Crippen molar-refractivity contribution in [2.75, 3.05) is 40.4 Å². The molecule has 0 aromatic heterocycles. The van der Waals surface area contributed by atoms with Crippen LogP contribution < -0.4 is 10.6 Å². The lowest BCUT2D eigenvalue weighted by molar-refractivity contribution is -0.0587. The van der Waals surface area contributed by atoms with Gasteiger partial charge < -0.3 is 25.4 Å². The molecule has 198 valence electrons. The molecule has 3 atom stereocenters. The fourth-order valence-electron chi connectivity index (χ4n) is 6.09. The highest BCUT2D eigenvalue weighted by Gasteiger charge is 2.42. The standard InChI is InChI=1S/C28H46FN3O3/c1-30-20-24(19-22-11-4-3-5-12-22)31-27(33)32-17-10-13-23(21-32)28(34,16-8-9-18-35-2)25-14-6-7-15-26(25)29/h6-7,14-15,22-24,30,34H,3-5,8-13,16-21H2,1-2H3,(H,31,33). The van der Waals surface area contributed by atoms with Gasteiger partial charge in [-0.25, -0.2) is 9.18 Å². The van der Waals surface area contributed by atoms with Crippen LogP contribution in [0.25, 0.3) is 0 Å². The number of methoxy groups -OCH3 is 1. The molecule has 35 heavy (non-hydrogen) atoms. The predicted molar refractivity (Wildman–Crippen MR) is 138 cm³/mol. The molecule has 7 heteroatoms. The molecule has 1 aliphatic carbocycles. The molecule has 1 aromatic carbocycles. The van der Waals surface area contributed by atoms with Gasteiger partial charge in [0, 0.05) is 50.9 Å². The summed E-state index contributed by atoms with van der Waals surface area (Å²) in [6, 6.07) is 6.56. The first-order valence-corrected chi connectivity index (χ1v) is 13.6. The Labute approximate surface area is 211 Å². The van der Waals surface area contributed by atoms with Crippen LogP contribution in [-0.2, 0) is 10.3 Å². The molecule has 0 spiro atoms. The molecule has 1 aromatic rings. The van der Waals surface area contributed by atoms with Crippen LogP contribution in [0.5, 0.6) is 0 Å². The minimum Gasteiger partial charge on any atom is -0.385 e. The maximum atomic E-state index is 14.9. The summed E-state index contributed by atoms with van der Waals surface area (Å²) < 4.78 is 20.0. The second-order valence-corrected chi connectivity index (χ2v) is 10.6. The molecule has 0 bridgehead atoms. The zero-order chi connectivity index (χ0) is 25.1.